The van der Waals surface area contributed by atoms with E-state index in [1.54, 1.807) is 30.3 Å². The molecule has 1 atom stereocenters. The van der Waals surface area contributed by atoms with E-state index in [1.165, 1.54) is 0 Å². The zero-order chi connectivity index (χ0) is 16.9. The molecule has 0 saturated carbocycles. The number of imide groups is 1. The lowest BCUT2D eigenvalue weighted by atomic mass is 10.1. The van der Waals surface area contributed by atoms with Gasteiger partial charge in [-0.15, -0.1) is 0 Å². The Kier molecular flexibility index (Phi) is 5.49. The van der Waals surface area contributed by atoms with Crippen LogP contribution in [-0.4, -0.2) is 44.3 Å². The number of benzene rings is 1. The molecule has 2 amide bonds. The van der Waals surface area contributed by atoms with Crippen LogP contribution in [0.1, 0.15) is 23.2 Å². The van der Waals surface area contributed by atoms with Crippen LogP contribution < -0.4 is 5.32 Å². The van der Waals surface area contributed by atoms with E-state index in [0.717, 1.165) is 0 Å². The van der Waals surface area contributed by atoms with Gasteiger partial charge in [0.25, 0.3) is 11.8 Å². The van der Waals surface area contributed by atoms with Crippen molar-refractivity contribution in [1.82, 2.24) is 5.32 Å². The second-order valence-electron chi connectivity index (χ2n) is 5.38. The highest BCUT2D eigenvalue weighted by Crippen LogP contribution is 2.21. The highest BCUT2D eigenvalue weighted by Gasteiger charge is 2.30. The lowest BCUT2D eigenvalue weighted by Crippen LogP contribution is -2.34. The minimum absolute atomic E-state index is 0.0270. The van der Waals surface area contributed by atoms with Crippen molar-refractivity contribution in [3.63, 3.8) is 0 Å². The number of sulfone groups is 1. The van der Waals surface area contributed by atoms with Gasteiger partial charge in [0.2, 0.25) is 0 Å². The lowest BCUT2D eigenvalue weighted by molar-refractivity contribution is -0.149. The summed E-state index contributed by atoms with van der Waals surface area (Å²) in [6.45, 7) is -0.573. The van der Waals surface area contributed by atoms with Crippen molar-refractivity contribution in [1.29, 1.82) is 0 Å². The van der Waals surface area contributed by atoms with Gasteiger partial charge >= 0.3 is 5.97 Å². The molecule has 1 aromatic carbocycles. The number of ether oxygens (including phenoxy) is 1. The average Bonchev–Trinajstić information content (AvgIpc) is 2.85. The molecule has 0 aliphatic carbocycles. The first-order chi connectivity index (χ1) is 10.9. The van der Waals surface area contributed by atoms with E-state index in [4.69, 9.17) is 4.74 Å². The minimum atomic E-state index is -3.05. The highest BCUT2D eigenvalue weighted by molar-refractivity contribution is 7.91. The molecular formula is C15H17NO6S. The fraction of sp³-hybridized carbons (Fsp3) is 0.400. The molecule has 1 saturated heterocycles. The van der Waals surface area contributed by atoms with Crippen molar-refractivity contribution < 1.29 is 27.5 Å². The van der Waals surface area contributed by atoms with Gasteiger partial charge in [-0.05, 0) is 24.5 Å². The van der Waals surface area contributed by atoms with Crippen LogP contribution in [0.2, 0.25) is 0 Å². The SMILES string of the molecule is O=C(COC(=O)C[C@H]1CCS(=O)(=O)C1)NC(=O)c1ccccc1. The number of hydrogen-bond donors (Lipinski definition) is 1. The highest BCUT2D eigenvalue weighted by atomic mass is 32.2. The van der Waals surface area contributed by atoms with E-state index in [9.17, 15) is 22.8 Å². The van der Waals surface area contributed by atoms with Gasteiger partial charge in [0.05, 0.1) is 11.5 Å². The maximum absolute atomic E-state index is 11.7. The molecular weight excluding hydrogens is 322 g/mol. The van der Waals surface area contributed by atoms with Crippen LogP contribution in [0.4, 0.5) is 0 Å². The quantitative estimate of drug-likeness (QED) is 0.774. The number of carbonyl (C=O) groups is 3. The molecule has 0 radical (unpaired) electrons. The maximum Gasteiger partial charge on any atom is 0.306 e. The van der Waals surface area contributed by atoms with Gasteiger partial charge in [-0.1, -0.05) is 18.2 Å². The summed E-state index contributed by atoms with van der Waals surface area (Å²) in [5.74, 6) is -2.16. The fourth-order valence-electron chi connectivity index (χ4n) is 2.30. The van der Waals surface area contributed by atoms with Crippen molar-refractivity contribution >= 4 is 27.6 Å². The molecule has 0 unspecified atom stereocenters. The molecule has 1 aromatic rings. The summed E-state index contributed by atoms with van der Waals surface area (Å²) in [5, 5.41) is 2.11. The van der Waals surface area contributed by atoms with Crippen molar-refractivity contribution in [2.45, 2.75) is 12.8 Å². The smallest absolute Gasteiger partial charge is 0.306 e. The van der Waals surface area contributed by atoms with Crippen molar-refractivity contribution in [2.24, 2.45) is 5.92 Å². The Morgan fingerprint density at radius 1 is 1.17 bits per heavy atom. The van der Waals surface area contributed by atoms with Gasteiger partial charge in [0.1, 0.15) is 0 Å². The van der Waals surface area contributed by atoms with E-state index >= 15 is 0 Å². The third kappa shape index (κ3) is 5.48. The Hall–Kier alpha value is -2.22. The normalized spacial score (nSPS) is 19.0. The van der Waals surface area contributed by atoms with Crippen LogP contribution in [0.25, 0.3) is 0 Å². The van der Waals surface area contributed by atoms with Crippen LogP contribution in [0.5, 0.6) is 0 Å². The Balaban J connectivity index is 1.72. The van der Waals surface area contributed by atoms with Crippen molar-refractivity contribution in [2.75, 3.05) is 18.1 Å². The topological polar surface area (TPSA) is 107 Å². The van der Waals surface area contributed by atoms with Crippen LogP contribution >= 0.6 is 0 Å². The molecule has 124 valence electrons. The zero-order valence-corrected chi connectivity index (χ0v) is 13.2. The molecule has 0 aromatic heterocycles. The Labute approximate surface area is 133 Å². The number of nitrogens with one attached hydrogen (secondary N) is 1. The molecule has 0 spiro atoms. The second kappa shape index (κ2) is 7.36. The van der Waals surface area contributed by atoms with E-state index in [2.05, 4.69) is 5.32 Å². The number of amides is 2. The first-order valence-electron chi connectivity index (χ1n) is 7.11. The van der Waals surface area contributed by atoms with E-state index in [0.29, 0.717) is 12.0 Å². The second-order valence-corrected chi connectivity index (χ2v) is 7.61. The molecule has 1 aliphatic rings. The van der Waals surface area contributed by atoms with Crippen LogP contribution in [0.15, 0.2) is 30.3 Å². The Morgan fingerprint density at radius 3 is 2.48 bits per heavy atom. The molecule has 0 bridgehead atoms. The maximum atomic E-state index is 11.7. The van der Waals surface area contributed by atoms with E-state index in [1.807, 2.05) is 0 Å². The average molecular weight is 339 g/mol. The molecule has 7 nitrogen and oxygen atoms in total. The van der Waals surface area contributed by atoms with Gasteiger partial charge in [-0.3, -0.25) is 19.7 Å². The van der Waals surface area contributed by atoms with Crippen LogP contribution in [-0.2, 0) is 24.2 Å². The minimum Gasteiger partial charge on any atom is -0.456 e. The summed E-state index contributed by atoms with van der Waals surface area (Å²) in [7, 11) is -3.05. The first-order valence-corrected chi connectivity index (χ1v) is 8.93. The van der Waals surface area contributed by atoms with Crippen LogP contribution in [0.3, 0.4) is 0 Å². The summed E-state index contributed by atoms with van der Waals surface area (Å²) < 4.78 is 27.4. The Morgan fingerprint density at radius 2 is 1.87 bits per heavy atom. The third-order valence-corrected chi connectivity index (χ3v) is 5.27. The van der Waals surface area contributed by atoms with Crippen LogP contribution in [0, 0.1) is 5.92 Å². The molecule has 1 fully saturated rings. The van der Waals surface area contributed by atoms with Gasteiger partial charge in [-0.2, -0.15) is 0 Å². The molecule has 2 rings (SSSR count). The lowest BCUT2D eigenvalue weighted by Gasteiger charge is -2.08. The number of hydrogen-bond acceptors (Lipinski definition) is 6. The largest absolute Gasteiger partial charge is 0.456 e. The summed E-state index contributed by atoms with van der Waals surface area (Å²) >= 11 is 0. The monoisotopic (exact) mass is 339 g/mol. The van der Waals surface area contributed by atoms with Gasteiger partial charge in [0, 0.05) is 12.0 Å². The predicted molar refractivity (Wildman–Crippen MR) is 81.3 cm³/mol. The number of carbonyl (C=O) groups excluding carboxylic acids is 3. The summed E-state index contributed by atoms with van der Waals surface area (Å²) in [6, 6.07) is 8.16. The number of rotatable bonds is 5. The van der Waals surface area contributed by atoms with E-state index < -0.39 is 34.2 Å². The molecule has 1 aliphatic heterocycles. The summed E-state index contributed by atoms with van der Waals surface area (Å²) in [5.41, 5.74) is 0.323. The zero-order valence-electron chi connectivity index (χ0n) is 12.4. The predicted octanol–water partition coefficient (Wildman–Crippen LogP) is 0.311. The number of esters is 1. The van der Waals surface area contributed by atoms with E-state index in [-0.39, 0.29) is 23.8 Å². The standard InChI is InChI=1S/C15H17NO6S/c17-13(16-15(19)12-4-2-1-3-5-12)9-22-14(18)8-11-6-7-23(20,21)10-11/h1-5,11H,6-10H2,(H,16,17,19)/t11-/m1/s1. The van der Waals surface area contributed by atoms with Crippen molar-refractivity contribution in [3.8, 4) is 0 Å². The Bertz CT molecular complexity index is 698. The molecule has 1 heterocycles. The van der Waals surface area contributed by atoms with Gasteiger partial charge in [-0.25, -0.2) is 8.42 Å². The fourth-order valence-corrected chi connectivity index (χ4v) is 4.16. The first kappa shape index (κ1) is 17.1. The third-order valence-electron chi connectivity index (χ3n) is 3.44. The molecule has 1 N–H and O–H groups in total. The summed E-state index contributed by atoms with van der Waals surface area (Å²) in [6.07, 6.45) is 0.384. The molecule has 8 heteroatoms. The van der Waals surface area contributed by atoms with Gasteiger partial charge < -0.3 is 4.74 Å². The molecule has 23 heavy (non-hydrogen) atoms. The van der Waals surface area contributed by atoms with Crippen molar-refractivity contribution in [3.05, 3.63) is 35.9 Å². The van der Waals surface area contributed by atoms with Gasteiger partial charge in [0.15, 0.2) is 16.4 Å². The summed E-state index contributed by atoms with van der Waals surface area (Å²) in [4.78, 5) is 34.9.